The van der Waals surface area contributed by atoms with Crippen LogP contribution in [0, 0.1) is 0 Å². The van der Waals surface area contributed by atoms with Crippen LogP contribution in [0.15, 0.2) is 47.3 Å². The van der Waals surface area contributed by atoms with Gasteiger partial charge >= 0.3 is 0 Å². The molecule has 112 valence electrons. The minimum atomic E-state index is -0.207. The Kier molecular flexibility index (Phi) is 3.24. The second-order valence-corrected chi connectivity index (χ2v) is 6.41. The van der Waals surface area contributed by atoms with E-state index in [1.807, 2.05) is 18.2 Å². The summed E-state index contributed by atoms with van der Waals surface area (Å²) in [5, 5.41) is 10.7. The molecule has 4 nitrogen and oxygen atoms in total. The van der Waals surface area contributed by atoms with Crippen LogP contribution in [-0.4, -0.2) is 15.1 Å². The number of nitrogens with zero attached hydrogens (tertiary/aromatic N) is 1. The summed E-state index contributed by atoms with van der Waals surface area (Å²) in [5.74, 6) is 0.485. The number of phenols is 1. The van der Waals surface area contributed by atoms with E-state index in [0.717, 1.165) is 5.56 Å². The van der Waals surface area contributed by atoms with Crippen molar-refractivity contribution in [3.05, 3.63) is 58.4 Å². The third kappa shape index (κ3) is 2.48. The predicted octanol–water partition coefficient (Wildman–Crippen LogP) is 3.59. The maximum absolute atomic E-state index is 12.2. The molecule has 0 atom stereocenters. The Hall–Kier alpha value is -2.62. The van der Waals surface area contributed by atoms with Gasteiger partial charge in [-0.2, -0.15) is 0 Å². The first-order chi connectivity index (χ1) is 10.4. The van der Waals surface area contributed by atoms with Crippen LogP contribution >= 0.6 is 0 Å². The van der Waals surface area contributed by atoms with Crippen LogP contribution in [0.5, 0.6) is 5.75 Å². The van der Waals surface area contributed by atoms with Gasteiger partial charge in [0.2, 0.25) is 0 Å². The van der Waals surface area contributed by atoms with Crippen molar-refractivity contribution in [3.8, 4) is 17.1 Å². The largest absolute Gasteiger partial charge is 0.507 e. The highest BCUT2D eigenvalue weighted by Gasteiger charge is 2.17. The molecule has 0 radical (unpaired) electrons. The predicted molar refractivity (Wildman–Crippen MR) is 88.2 cm³/mol. The Morgan fingerprint density at radius 3 is 2.55 bits per heavy atom. The minimum absolute atomic E-state index is 0.0560. The molecule has 0 spiro atoms. The molecule has 4 heteroatoms. The molecule has 1 aromatic heterocycles. The summed E-state index contributed by atoms with van der Waals surface area (Å²) in [6, 6.07) is 12.6. The second-order valence-electron chi connectivity index (χ2n) is 6.41. The van der Waals surface area contributed by atoms with Gasteiger partial charge in [0.1, 0.15) is 11.6 Å². The van der Waals surface area contributed by atoms with Gasteiger partial charge in [0.15, 0.2) is 0 Å². The van der Waals surface area contributed by atoms with Gasteiger partial charge in [0.25, 0.3) is 5.56 Å². The summed E-state index contributed by atoms with van der Waals surface area (Å²) >= 11 is 0. The number of hydrogen-bond donors (Lipinski definition) is 2. The normalized spacial score (nSPS) is 11.8. The van der Waals surface area contributed by atoms with Gasteiger partial charge in [-0.1, -0.05) is 39.0 Å². The number of para-hydroxylation sites is 1. The van der Waals surface area contributed by atoms with Crippen LogP contribution in [0.25, 0.3) is 22.3 Å². The summed E-state index contributed by atoms with van der Waals surface area (Å²) in [6.07, 6.45) is 0. The molecule has 0 amide bonds. The van der Waals surface area contributed by atoms with Crippen LogP contribution < -0.4 is 5.56 Å². The average molecular weight is 294 g/mol. The molecule has 3 rings (SSSR count). The number of aromatic hydroxyl groups is 1. The standard InChI is InChI=1S/C18H18N2O2/c1-18(2,3)11-8-9-15(21)13(10-11)16-19-14-7-5-4-6-12(14)17(22)20-16/h4-10,21H,1-3H3,(H,19,20,22). The van der Waals surface area contributed by atoms with E-state index in [1.165, 1.54) is 0 Å². The van der Waals surface area contributed by atoms with Crippen molar-refractivity contribution in [2.45, 2.75) is 26.2 Å². The molecule has 1 heterocycles. The molecular weight excluding hydrogens is 276 g/mol. The first-order valence-electron chi connectivity index (χ1n) is 7.19. The van der Waals surface area contributed by atoms with Gasteiger partial charge in [-0.05, 0) is 35.2 Å². The molecule has 0 saturated heterocycles. The lowest BCUT2D eigenvalue weighted by atomic mass is 9.86. The SMILES string of the molecule is CC(C)(C)c1ccc(O)c(-c2nc3ccccc3c(=O)[nH]2)c1. The van der Waals surface area contributed by atoms with E-state index in [2.05, 4.69) is 30.7 Å². The third-order valence-electron chi connectivity index (χ3n) is 3.73. The molecule has 22 heavy (non-hydrogen) atoms. The molecule has 0 saturated carbocycles. The fourth-order valence-corrected chi connectivity index (χ4v) is 2.41. The zero-order chi connectivity index (χ0) is 15.9. The lowest BCUT2D eigenvalue weighted by Crippen LogP contribution is -2.12. The topological polar surface area (TPSA) is 66.0 Å². The maximum atomic E-state index is 12.2. The monoisotopic (exact) mass is 294 g/mol. The summed E-state index contributed by atoms with van der Waals surface area (Å²) in [6.45, 7) is 6.29. The number of aromatic nitrogens is 2. The Labute approximate surface area is 128 Å². The fraction of sp³-hybridized carbons (Fsp3) is 0.222. The summed E-state index contributed by atoms with van der Waals surface area (Å²) in [7, 11) is 0. The quantitative estimate of drug-likeness (QED) is 0.720. The Morgan fingerprint density at radius 2 is 1.82 bits per heavy atom. The zero-order valence-electron chi connectivity index (χ0n) is 12.8. The molecule has 2 aromatic carbocycles. The molecule has 0 aliphatic heterocycles. The number of aromatic amines is 1. The Bertz CT molecular complexity index is 905. The van der Waals surface area contributed by atoms with Gasteiger partial charge < -0.3 is 10.1 Å². The number of rotatable bonds is 1. The minimum Gasteiger partial charge on any atom is -0.507 e. The van der Waals surface area contributed by atoms with Crippen LogP contribution in [0.4, 0.5) is 0 Å². The zero-order valence-corrected chi connectivity index (χ0v) is 12.8. The molecule has 2 N–H and O–H groups in total. The molecule has 0 aliphatic rings. The van der Waals surface area contributed by atoms with Crippen molar-refractivity contribution in [3.63, 3.8) is 0 Å². The smallest absolute Gasteiger partial charge is 0.259 e. The van der Waals surface area contributed by atoms with E-state index in [0.29, 0.717) is 22.3 Å². The van der Waals surface area contributed by atoms with Crippen molar-refractivity contribution in [1.29, 1.82) is 0 Å². The van der Waals surface area contributed by atoms with E-state index in [4.69, 9.17) is 0 Å². The van der Waals surface area contributed by atoms with E-state index in [9.17, 15) is 9.90 Å². The van der Waals surface area contributed by atoms with E-state index in [-0.39, 0.29) is 16.7 Å². The van der Waals surface area contributed by atoms with E-state index in [1.54, 1.807) is 24.3 Å². The second kappa shape index (κ2) is 4.98. The third-order valence-corrected chi connectivity index (χ3v) is 3.73. The number of nitrogens with one attached hydrogen (secondary N) is 1. The van der Waals surface area contributed by atoms with Gasteiger partial charge in [0, 0.05) is 0 Å². The Morgan fingerprint density at radius 1 is 1.09 bits per heavy atom. The van der Waals surface area contributed by atoms with Gasteiger partial charge in [-0.25, -0.2) is 4.98 Å². The Balaban J connectivity index is 2.25. The van der Waals surface area contributed by atoms with Gasteiger partial charge in [0.05, 0.1) is 16.5 Å². The first kappa shape index (κ1) is 14.3. The molecular formula is C18H18N2O2. The summed E-state index contributed by atoms with van der Waals surface area (Å²) < 4.78 is 0. The van der Waals surface area contributed by atoms with Crippen LogP contribution in [0.2, 0.25) is 0 Å². The van der Waals surface area contributed by atoms with Crippen molar-refractivity contribution >= 4 is 10.9 Å². The highest BCUT2D eigenvalue weighted by atomic mass is 16.3. The highest BCUT2D eigenvalue weighted by Crippen LogP contribution is 2.32. The number of phenolic OH excluding ortho intramolecular Hbond substituents is 1. The number of fused-ring (bicyclic) bond motifs is 1. The molecule has 0 unspecified atom stereocenters. The highest BCUT2D eigenvalue weighted by molar-refractivity contribution is 5.80. The van der Waals surface area contributed by atoms with Crippen molar-refractivity contribution < 1.29 is 5.11 Å². The summed E-state index contributed by atoms with van der Waals surface area (Å²) in [5.41, 5.74) is 1.95. The maximum Gasteiger partial charge on any atom is 0.259 e. The molecule has 0 aliphatic carbocycles. The van der Waals surface area contributed by atoms with E-state index >= 15 is 0 Å². The van der Waals surface area contributed by atoms with E-state index < -0.39 is 0 Å². The fourth-order valence-electron chi connectivity index (χ4n) is 2.41. The number of hydrogen-bond acceptors (Lipinski definition) is 3. The van der Waals surface area contributed by atoms with Gasteiger partial charge in [-0.15, -0.1) is 0 Å². The first-order valence-corrected chi connectivity index (χ1v) is 7.19. The van der Waals surface area contributed by atoms with Gasteiger partial charge in [-0.3, -0.25) is 4.79 Å². The molecule has 0 bridgehead atoms. The van der Waals surface area contributed by atoms with Crippen molar-refractivity contribution in [2.75, 3.05) is 0 Å². The average Bonchev–Trinajstić information content (AvgIpc) is 2.46. The molecule has 0 fully saturated rings. The summed E-state index contributed by atoms with van der Waals surface area (Å²) in [4.78, 5) is 19.4. The molecule has 3 aromatic rings. The van der Waals surface area contributed by atoms with Crippen LogP contribution in [-0.2, 0) is 5.41 Å². The van der Waals surface area contributed by atoms with Crippen LogP contribution in [0.3, 0.4) is 0 Å². The van der Waals surface area contributed by atoms with Crippen molar-refractivity contribution in [1.82, 2.24) is 9.97 Å². The lowest BCUT2D eigenvalue weighted by molar-refractivity contribution is 0.475. The van der Waals surface area contributed by atoms with Crippen molar-refractivity contribution in [2.24, 2.45) is 0 Å². The number of H-pyrrole nitrogens is 1. The number of benzene rings is 2. The lowest BCUT2D eigenvalue weighted by Gasteiger charge is -2.20. The van der Waals surface area contributed by atoms with Crippen LogP contribution in [0.1, 0.15) is 26.3 Å².